The third-order valence-corrected chi connectivity index (χ3v) is 3.40. The summed E-state index contributed by atoms with van der Waals surface area (Å²) in [6.45, 7) is 0. The first-order chi connectivity index (χ1) is 8.83. The van der Waals surface area contributed by atoms with Crippen molar-refractivity contribution in [3.05, 3.63) is 66.0 Å². The molecule has 1 N–H and O–H groups in total. The minimum Gasteiger partial charge on any atom is -0.378 e. The zero-order chi connectivity index (χ0) is 12.4. The van der Waals surface area contributed by atoms with Crippen molar-refractivity contribution in [1.29, 1.82) is 0 Å². The lowest BCUT2D eigenvalue weighted by atomic mass is 10.0. The Labute approximate surface area is 107 Å². The average Bonchev–Trinajstić information content (AvgIpc) is 3.21. The molecule has 1 nitrogen and oxygen atoms in total. The second-order valence-electron chi connectivity index (χ2n) is 4.88. The molecule has 1 atom stereocenters. The Balaban J connectivity index is 1.83. The summed E-state index contributed by atoms with van der Waals surface area (Å²) >= 11 is 0. The lowest BCUT2D eigenvalue weighted by molar-refractivity contribution is 0.626. The zero-order valence-corrected chi connectivity index (χ0v) is 10.1. The average molecular weight is 241 g/mol. The Morgan fingerprint density at radius 3 is 2.44 bits per heavy atom. The fraction of sp³-hybridized carbons (Fsp3) is 0.250. The van der Waals surface area contributed by atoms with Gasteiger partial charge in [-0.15, -0.1) is 0 Å². The van der Waals surface area contributed by atoms with E-state index in [1.54, 1.807) is 12.1 Å². The maximum absolute atomic E-state index is 13.2. The summed E-state index contributed by atoms with van der Waals surface area (Å²) in [5.74, 6) is 0.485. The first kappa shape index (κ1) is 11.3. The molecule has 2 heteroatoms. The lowest BCUT2D eigenvalue weighted by Crippen LogP contribution is -2.12. The minimum atomic E-state index is -0.192. The third kappa shape index (κ3) is 2.53. The molecule has 0 saturated heterocycles. The van der Waals surface area contributed by atoms with Crippen LogP contribution >= 0.6 is 0 Å². The first-order valence-corrected chi connectivity index (χ1v) is 6.40. The zero-order valence-electron chi connectivity index (χ0n) is 10.1. The second-order valence-corrected chi connectivity index (χ2v) is 4.88. The Hall–Kier alpha value is -1.83. The van der Waals surface area contributed by atoms with Gasteiger partial charge < -0.3 is 5.32 Å². The molecular weight excluding hydrogens is 225 g/mol. The van der Waals surface area contributed by atoms with E-state index in [0.29, 0.717) is 12.0 Å². The molecule has 1 unspecified atom stereocenters. The van der Waals surface area contributed by atoms with E-state index in [4.69, 9.17) is 0 Å². The molecule has 1 saturated carbocycles. The van der Waals surface area contributed by atoms with Crippen LogP contribution in [0.2, 0.25) is 0 Å². The van der Waals surface area contributed by atoms with E-state index in [9.17, 15) is 4.39 Å². The van der Waals surface area contributed by atoms with Gasteiger partial charge in [-0.2, -0.15) is 0 Å². The molecular formula is C16H16FN. The number of benzene rings is 2. The van der Waals surface area contributed by atoms with Gasteiger partial charge >= 0.3 is 0 Å². The van der Waals surface area contributed by atoms with Crippen LogP contribution in [-0.2, 0) is 0 Å². The highest BCUT2D eigenvalue weighted by molar-refractivity contribution is 5.46. The molecule has 1 aliphatic carbocycles. The Morgan fingerprint density at radius 2 is 1.78 bits per heavy atom. The number of hydrogen-bond acceptors (Lipinski definition) is 1. The van der Waals surface area contributed by atoms with Crippen LogP contribution in [0.5, 0.6) is 0 Å². The summed E-state index contributed by atoms with van der Waals surface area (Å²) in [4.78, 5) is 0. The third-order valence-electron chi connectivity index (χ3n) is 3.40. The molecule has 0 amide bonds. The van der Waals surface area contributed by atoms with E-state index in [-0.39, 0.29) is 5.82 Å². The summed E-state index contributed by atoms with van der Waals surface area (Å²) in [5.41, 5.74) is 2.14. The van der Waals surface area contributed by atoms with Crippen LogP contribution in [0.15, 0.2) is 54.6 Å². The van der Waals surface area contributed by atoms with E-state index in [2.05, 4.69) is 29.6 Å². The molecule has 0 heterocycles. The molecule has 0 bridgehead atoms. The van der Waals surface area contributed by atoms with E-state index in [0.717, 1.165) is 5.69 Å². The van der Waals surface area contributed by atoms with Crippen molar-refractivity contribution in [3.63, 3.8) is 0 Å². The second kappa shape index (κ2) is 4.81. The highest BCUT2D eigenvalue weighted by Gasteiger charge is 2.32. The number of anilines is 1. The van der Waals surface area contributed by atoms with E-state index >= 15 is 0 Å². The van der Waals surface area contributed by atoms with Crippen LogP contribution in [0.3, 0.4) is 0 Å². The van der Waals surface area contributed by atoms with Gasteiger partial charge in [-0.3, -0.25) is 0 Å². The summed E-state index contributed by atoms with van der Waals surface area (Å²) < 4.78 is 13.2. The fourth-order valence-corrected chi connectivity index (χ4v) is 2.32. The van der Waals surface area contributed by atoms with Crippen molar-refractivity contribution in [2.24, 2.45) is 5.92 Å². The van der Waals surface area contributed by atoms with Gasteiger partial charge in [-0.05, 0) is 42.5 Å². The van der Waals surface area contributed by atoms with Gasteiger partial charge in [0.1, 0.15) is 5.82 Å². The van der Waals surface area contributed by atoms with Crippen molar-refractivity contribution >= 4 is 5.69 Å². The van der Waals surface area contributed by atoms with Gasteiger partial charge in [0.25, 0.3) is 0 Å². The van der Waals surface area contributed by atoms with Gasteiger partial charge in [0.2, 0.25) is 0 Å². The minimum absolute atomic E-state index is 0.192. The molecule has 18 heavy (non-hydrogen) atoms. The molecule has 1 aliphatic rings. The molecule has 3 rings (SSSR count). The van der Waals surface area contributed by atoms with Crippen LogP contribution < -0.4 is 5.32 Å². The van der Waals surface area contributed by atoms with Crippen LogP contribution in [0.4, 0.5) is 10.1 Å². The van der Waals surface area contributed by atoms with Crippen molar-refractivity contribution in [2.45, 2.75) is 18.9 Å². The quantitative estimate of drug-likeness (QED) is 0.837. The van der Waals surface area contributed by atoms with E-state index in [1.165, 1.54) is 24.5 Å². The van der Waals surface area contributed by atoms with Gasteiger partial charge in [0.05, 0.1) is 6.04 Å². The number of hydrogen-bond donors (Lipinski definition) is 1. The predicted molar refractivity (Wildman–Crippen MR) is 71.9 cm³/mol. The normalized spacial score (nSPS) is 16.3. The topological polar surface area (TPSA) is 12.0 Å². The molecule has 0 aliphatic heterocycles. The molecule has 92 valence electrons. The fourth-order valence-electron chi connectivity index (χ4n) is 2.32. The van der Waals surface area contributed by atoms with Crippen molar-refractivity contribution < 1.29 is 4.39 Å². The number of rotatable bonds is 4. The van der Waals surface area contributed by atoms with Crippen molar-refractivity contribution in [2.75, 3.05) is 5.32 Å². The van der Waals surface area contributed by atoms with Gasteiger partial charge in [0.15, 0.2) is 0 Å². The summed E-state index contributed by atoms with van der Waals surface area (Å²) in [6, 6.07) is 17.4. The highest BCUT2D eigenvalue weighted by atomic mass is 19.1. The molecule has 0 aromatic heterocycles. The van der Waals surface area contributed by atoms with Crippen molar-refractivity contribution in [3.8, 4) is 0 Å². The van der Waals surface area contributed by atoms with Crippen LogP contribution in [0, 0.1) is 11.7 Å². The number of nitrogens with one attached hydrogen (secondary N) is 1. The summed E-state index contributed by atoms with van der Waals surface area (Å²) in [5, 5.41) is 3.46. The smallest absolute Gasteiger partial charge is 0.125 e. The lowest BCUT2D eigenvalue weighted by Gasteiger charge is -2.20. The standard InChI is InChI=1S/C16H16FN/c17-14-7-4-8-15(11-14)18-16(13-9-10-13)12-5-2-1-3-6-12/h1-8,11,13,16,18H,9-10H2. The molecule has 1 fully saturated rings. The van der Waals surface area contributed by atoms with Gasteiger partial charge in [-0.1, -0.05) is 36.4 Å². The largest absolute Gasteiger partial charge is 0.378 e. The molecule has 0 spiro atoms. The van der Waals surface area contributed by atoms with Gasteiger partial charge in [0, 0.05) is 5.69 Å². The summed E-state index contributed by atoms with van der Waals surface area (Å²) in [6.07, 6.45) is 2.50. The SMILES string of the molecule is Fc1cccc(NC(c2ccccc2)C2CC2)c1. The number of halogens is 1. The monoisotopic (exact) mass is 241 g/mol. The van der Waals surface area contributed by atoms with Crippen molar-refractivity contribution in [1.82, 2.24) is 0 Å². The Kier molecular flexibility index (Phi) is 3.01. The maximum atomic E-state index is 13.2. The van der Waals surface area contributed by atoms with Crippen LogP contribution in [0.25, 0.3) is 0 Å². The molecule has 0 radical (unpaired) electrons. The predicted octanol–water partition coefficient (Wildman–Crippen LogP) is 4.39. The summed E-state index contributed by atoms with van der Waals surface area (Å²) in [7, 11) is 0. The van der Waals surface area contributed by atoms with Crippen LogP contribution in [0.1, 0.15) is 24.4 Å². The molecule has 2 aromatic rings. The highest BCUT2D eigenvalue weighted by Crippen LogP contribution is 2.42. The van der Waals surface area contributed by atoms with Crippen LogP contribution in [-0.4, -0.2) is 0 Å². The van der Waals surface area contributed by atoms with Gasteiger partial charge in [-0.25, -0.2) is 4.39 Å². The first-order valence-electron chi connectivity index (χ1n) is 6.40. The molecule has 2 aromatic carbocycles. The Bertz CT molecular complexity index is 520. The van der Waals surface area contributed by atoms with E-state index in [1.807, 2.05) is 12.1 Å². The van der Waals surface area contributed by atoms with E-state index < -0.39 is 0 Å². The Morgan fingerprint density at radius 1 is 1.00 bits per heavy atom. The maximum Gasteiger partial charge on any atom is 0.125 e.